The zero-order valence-corrected chi connectivity index (χ0v) is 52.0. The summed E-state index contributed by atoms with van der Waals surface area (Å²) in [7, 11) is 0. The summed E-state index contributed by atoms with van der Waals surface area (Å²) >= 11 is 0. The van der Waals surface area contributed by atoms with Gasteiger partial charge < -0.3 is 124 Å². The lowest BCUT2D eigenvalue weighted by Gasteiger charge is -2.75. The number of hydrogen-bond acceptors (Lipinski definition) is 27. The third-order valence-electron chi connectivity index (χ3n) is 24.3. The first kappa shape index (κ1) is 69.1. The molecule has 508 valence electrons. The highest BCUT2D eigenvalue weighted by Crippen LogP contribution is 2.82. The van der Waals surface area contributed by atoms with Crippen LogP contribution in [-0.2, 0) is 61.8 Å². The number of esters is 2. The second kappa shape index (κ2) is 24.5. The van der Waals surface area contributed by atoms with E-state index in [1.165, 1.54) is 6.92 Å². The number of ether oxygens (including phenoxy) is 10. The van der Waals surface area contributed by atoms with Crippen molar-refractivity contribution in [2.75, 3.05) is 13.2 Å². The summed E-state index contributed by atoms with van der Waals surface area (Å²) in [6.45, 7) is 17.5. The Hall–Kier alpha value is -2.73. The molecule has 10 aliphatic rings. The molecule has 4 saturated heterocycles. The van der Waals surface area contributed by atoms with Crippen molar-refractivity contribution in [2.24, 2.45) is 56.2 Å². The Kier molecular flexibility index (Phi) is 19.0. The summed E-state index contributed by atoms with van der Waals surface area (Å²) in [5, 5.41) is 167. The van der Waals surface area contributed by atoms with E-state index in [1.807, 2.05) is 27.7 Å². The summed E-state index contributed by atoms with van der Waals surface area (Å²) < 4.78 is 62.6. The molecule has 1 spiro atoms. The molecule has 0 amide bonds. The number of fused-ring (bicyclic) bond motifs is 4. The Morgan fingerprint density at radius 2 is 1.22 bits per heavy atom. The van der Waals surface area contributed by atoms with Gasteiger partial charge in [-0.25, -0.2) is 9.59 Å². The number of rotatable bonds is 14. The Morgan fingerprint density at radius 3 is 1.85 bits per heavy atom. The lowest BCUT2D eigenvalue weighted by Crippen LogP contribution is -2.77. The number of carbonyl (C=O) groups is 3. The molecular weight excluding hydrogens is 1180 g/mol. The molecule has 0 aromatic heterocycles. The van der Waals surface area contributed by atoms with E-state index in [0.717, 1.165) is 0 Å². The minimum Gasteiger partial charge on any atom is -0.479 e. The van der Waals surface area contributed by atoms with Crippen molar-refractivity contribution in [3.63, 3.8) is 0 Å². The molecule has 10 fully saturated rings. The number of allylic oxidation sites excluding steroid dienone is 1. The van der Waals surface area contributed by atoms with Crippen LogP contribution in [0.4, 0.5) is 0 Å². The average Bonchev–Trinajstić information content (AvgIpc) is 1.57. The lowest BCUT2D eigenvalue weighted by molar-refractivity contribution is -0.404. The second-order valence-electron chi connectivity index (χ2n) is 29.4. The zero-order chi connectivity index (χ0) is 65.5. The van der Waals surface area contributed by atoms with E-state index in [-0.39, 0.29) is 24.7 Å². The van der Waals surface area contributed by atoms with E-state index in [0.29, 0.717) is 50.5 Å². The molecule has 10 rings (SSSR count). The van der Waals surface area contributed by atoms with Gasteiger partial charge in [-0.05, 0) is 99.7 Å². The maximum Gasteiger partial charge on any atom is 0.335 e. The van der Waals surface area contributed by atoms with Gasteiger partial charge in [-0.1, -0.05) is 54.5 Å². The van der Waals surface area contributed by atoms with Crippen molar-refractivity contribution in [3.8, 4) is 0 Å². The number of aliphatic carboxylic acids is 1. The summed E-state index contributed by atoms with van der Waals surface area (Å²) in [6, 6.07) is 0. The van der Waals surface area contributed by atoms with Crippen LogP contribution in [0.1, 0.15) is 127 Å². The van der Waals surface area contributed by atoms with Gasteiger partial charge in [0, 0.05) is 41.8 Å². The quantitative estimate of drug-likeness (QED) is 0.0494. The molecule has 6 saturated carbocycles. The number of carbonyl (C=O) groups excluding carboxylic acids is 2. The van der Waals surface area contributed by atoms with Gasteiger partial charge in [-0.2, -0.15) is 0 Å². The number of aliphatic hydroxyl groups excluding tert-OH is 14. The molecule has 89 heavy (non-hydrogen) atoms. The van der Waals surface area contributed by atoms with Crippen LogP contribution in [0.25, 0.3) is 0 Å². The van der Waals surface area contributed by atoms with E-state index >= 15 is 0 Å². The monoisotopic (exact) mass is 1280 g/mol. The molecule has 4 heterocycles. The van der Waals surface area contributed by atoms with Gasteiger partial charge in [0.1, 0.15) is 91.6 Å². The summed E-state index contributed by atoms with van der Waals surface area (Å²) in [6.07, 6.45) is -39.1. The largest absolute Gasteiger partial charge is 0.479 e. The maximum absolute atomic E-state index is 13.4. The number of hydrogen-bond donors (Lipinski definition) is 15. The molecule has 28 nitrogen and oxygen atoms in total. The van der Waals surface area contributed by atoms with Gasteiger partial charge in [0.15, 0.2) is 37.6 Å². The Morgan fingerprint density at radius 1 is 0.584 bits per heavy atom. The van der Waals surface area contributed by atoms with E-state index in [9.17, 15) is 91.0 Å². The Labute approximate surface area is 515 Å². The first-order valence-corrected chi connectivity index (χ1v) is 31.4. The molecule has 28 heteroatoms. The van der Waals surface area contributed by atoms with Crippen LogP contribution in [0.3, 0.4) is 0 Å². The average molecular weight is 1280 g/mol. The molecule has 4 aliphatic heterocycles. The first-order chi connectivity index (χ1) is 41.5. The molecule has 0 radical (unpaired) electrons. The van der Waals surface area contributed by atoms with Crippen molar-refractivity contribution in [2.45, 2.75) is 280 Å². The summed E-state index contributed by atoms with van der Waals surface area (Å²) in [4.78, 5) is 40.0. The first-order valence-electron chi connectivity index (χ1n) is 31.4. The fraction of sp³-hybridized carbons (Fsp3) is 0.918. The van der Waals surface area contributed by atoms with Gasteiger partial charge in [0.25, 0.3) is 0 Å². The van der Waals surface area contributed by atoms with Crippen molar-refractivity contribution < 1.29 is 138 Å². The SMILES string of the molecule is C/C=C(/C)C(=O)O[C@H]1[C@H](O)[C@@]23[C@@H](CC1(C)C)[C@]1(CC[C@@H]4[C@@]5(C)CC[C@H](O[C@@H]6O[C@H](C(=O)O)[C@@H](O)[C@H](O[C@H]7O[C@H](CO)[C@H](O)[C@H](O)[C@H]7O[C@H]7O[C@@H](O)[C@H](O)[C@@H](O)[C@H]7O)[C@H]6O[C@@H]6C[C@H](CO)[C@H](O)[C@H](O)[C@H]6O)C(C)(C)[C@@H]5CC[C@@]4(C)[C@]1(C)C[C@H]2OC(C)=O)O[C@@H]3O. The van der Waals surface area contributed by atoms with Crippen LogP contribution in [0, 0.1) is 56.2 Å². The van der Waals surface area contributed by atoms with Crippen molar-refractivity contribution >= 4 is 17.9 Å². The highest BCUT2D eigenvalue weighted by Gasteiger charge is 2.86. The molecule has 0 aromatic rings. The van der Waals surface area contributed by atoms with Crippen LogP contribution in [0.5, 0.6) is 0 Å². The number of carboxylic acids is 1. The minimum atomic E-state index is -2.28. The lowest BCUT2D eigenvalue weighted by atomic mass is 9.30. The van der Waals surface area contributed by atoms with E-state index in [4.69, 9.17) is 47.4 Å². The zero-order valence-electron chi connectivity index (χ0n) is 52.0. The summed E-state index contributed by atoms with van der Waals surface area (Å²) in [5.74, 6) is -4.87. The third-order valence-corrected chi connectivity index (χ3v) is 24.3. The van der Waals surface area contributed by atoms with Crippen LogP contribution in [-0.4, -0.2) is 261 Å². The van der Waals surface area contributed by atoms with Crippen molar-refractivity contribution in [1.29, 1.82) is 0 Å². The fourth-order valence-corrected chi connectivity index (χ4v) is 19.3. The van der Waals surface area contributed by atoms with Gasteiger partial charge in [-0.15, -0.1) is 0 Å². The highest BCUT2D eigenvalue weighted by molar-refractivity contribution is 5.87. The number of aliphatic hydroxyl groups is 14. The second-order valence-corrected chi connectivity index (χ2v) is 29.4. The van der Waals surface area contributed by atoms with E-state index in [2.05, 4.69) is 20.8 Å². The van der Waals surface area contributed by atoms with Gasteiger partial charge >= 0.3 is 17.9 Å². The predicted molar refractivity (Wildman–Crippen MR) is 298 cm³/mol. The minimum absolute atomic E-state index is 0.0604. The topological polar surface area (TPSA) is 447 Å². The predicted octanol–water partition coefficient (Wildman–Crippen LogP) is -2.29. The van der Waals surface area contributed by atoms with Crippen LogP contribution >= 0.6 is 0 Å². The van der Waals surface area contributed by atoms with Gasteiger partial charge in [-0.3, -0.25) is 4.79 Å². The molecular formula is C61H96O28. The van der Waals surface area contributed by atoms with Crippen LogP contribution < -0.4 is 0 Å². The normalized spacial score (nSPS) is 53.5. The van der Waals surface area contributed by atoms with Crippen molar-refractivity contribution in [3.05, 3.63) is 11.6 Å². The standard InChI is InChI=1S/C61H96O28/c1-11-23(2)49(77)87-47-46(74)61-30(19-55(47,4)5)60(89-54(61)79)17-13-29-57(8)15-14-31(56(6,7)28(57)12-16-58(29,9)59(60,10)20-32(61)80-24(3)64)83-53-45(81-26-18-25(21-62)33(65)36(68)34(26)66)42(41(73)43(85-53)48(75)76)84-52-44(38(70)35(67)27(22-63)82-52)86-51-40(72)37(69)39(71)50(78)88-51/h11,25-47,50-54,62-63,65-74,78-79H,12-22H2,1-10H3,(H,75,76)/b23-11-/t25-,26-,27-,28+,29-,30+,31+,32-,33+,34+,35+,36+,37-,38+,39-,40-,41+,42+,43+,44-,45-,46+,47+,50-,51+,52-,53-,54+,57+,58-,59+,60+,61-/m1/s1. The highest BCUT2D eigenvalue weighted by atomic mass is 16.8. The summed E-state index contributed by atoms with van der Waals surface area (Å²) in [5.41, 5.74) is -5.89. The van der Waals surface area contributed by atoms with Crippen LogP contribution in [0.15, 0.2) is 11.6 Å². The molecule has 0 aromatic carbocycles. The number of carboxylic acid groups (broad SMARTS) is 1. The maximum atomic E-state index is 13.4. The van der Waals surface area contributed by atoms with Gasteiger partial charge in [0.05, 0.1) is 35.9 Å². The fourth-order valence-electron chi connectivity index (χ4n) is 19.3. The molecule has 15 N–H and O–H groups in total. The third kappa shape index (κ3) is 10.6. The van der Waals surface area contributed by atoms with Crippen molar-refractivity contribution in [1.82, 2.24) is 0 Å². The van der Waals surface area contributed by atoms with Crippen LogP contribution in [0.2, 0.25) is 0 Å². The smallest absolute Gasteiger partial charge is 0.335 e. The van der Waals surface area contributed by atoms with E-state index < -0.39 is 228 Å². The van der Waals surface area contributed by atoms with Gasteiger partial charge in [0.2, 0.25) is 0 Å². The van der Waals surface area contributed by atoms with E-state index in [1.54, 1.807) is 19.9 Å². The Balaban J connectivity index is 0.979. The molecule has 6 aliphatic carbocycles. The molecule has 33 atom stereocenters. The Bertz CT molecular complexity index is 2620. The molecule has 0 unspecified atom stereocenters. The molecule has 2 bridgehead atoms.